The fourth-order valence-corrected chi connectivity index (χ4v) is 1.26. The van der Waals surface area contributed by atoms with Gasteiger partial charge in [0.05, 0.1) is 5.56 Å². The first-order chi connectivity index (χ1) is 8.36. The van der Waals surface area contributed by atoms with Gasteiger partial charge in [0.1, 0.15) is 5.69 Å². The van der Waals surface area contributed by atoms with Gasteiger partial charge in [-0.1, -0.05) is 0 Å². The van der Waals surface area contributed by atoms with E-state index in [1.165, 1.54) is 4.90 Å². The summed E-state index contributed by atoms with van der Waals surface area (Å²) < 4.78 is 36.9. The Hall–Kier alpha value is -1.63. The van der Waals surface area contributed by atoms with Gasteiger partial charge in [0, 0.05) is 26.3 Å². The second-order valence-corrected chi connectivity index (χ2v) is 3.76. The first-order valence-electron chi connectivity index (χ1n) is 5.29. The van der Waals surface area contributed by atoms with Gasteiger partial charge in [0.25, 0.3) is 5.91 Å². The van der Waals surface area contributed by atoms with Crippen molar-refractivity contribution in [3.63, 3.8) is 0 Å². The molecule has 18 heavy (non-hydrogen) atoms. The third-order valence-electron chi connectivity index (χ3n) is 2.35. The summed E-state index contributed by atoms with van der Waals surface area (Å²) in [5, 5.41) is 2.87. The first-order valence-corrected chi connectivity index (χ1v) is 5.29. The van der Waals surface area contributed by atoms with Crippen LogP contribution in [0.1, 0.15) is 16.1 Å². The largest absolute Gasteiger partial charge is 0.417 e. The van der Waals surface area contributed by atoms with E-state index in [9.17, 15) is 18.0 Å². The molecular formula is C11H14F3N3O. The van der Waals surface area contributed by atoms with Gasteiger partial charge in [0.15, 0.2) is 0 Å². The van der Waals surface area contributed by atoms with E-state index in [0.29, 0.717) is 19.3 Å². The number of alkyl halides is 3. The van der Waals surface area contributed by atoms with Gasteiger partial charge in [-0.3, -0.25) is 9.78 Å². The second kappa shape index (κ2) is 5.81. The van der Waals surface area contributed by atoms with E-state index in [1.54, 1.807) is 14.1 Å². The normalized spacial score (nSPS) is 11.4. The molecule has 0 radical (unpaired) electrons. The monoisotopic (exact) mass is 261 g/mol. The lowest BCUT2D eigenvalue weighted by molar-refractivity contribution is -0.137. The molecule has 1 N–H and O–H groups in total. The molecule has 0 aromatic carbocycles. The molecule has 0 spiro atoms. The average molecular weight is 261 g/mol. The average Bonchev–Trinajstić information content (AvgIpc) is 2.34. The minimum Gasteiger partial charge on any atom is -0.339 e. The number of carbonyl (C=O) groups excluding carboxylic acids is 1. The predicted molar refractivity (Wildman–Crippen MR) is 60.1 cm³/mol. The molecule has 0 atom stereocenters. The van der Waals surface area contributed by atoms with Crippen LogP contribution in [-0.4, -0.2) is 43.0 Å². The minimum atomic E-state index is -4.44. The lowest BCUT2D eigenvalue weighted by Gasteiger charge is -2.16. The quantitative estimate of drug-likeness (QED) is 0.891. The number of pyridine rings is 1. The van der Waals surface area contributed by atoms with Crippen molar-refractivity contribution < 1.29 is 18.0 Å². The van der Waals surface area contributed by atoms with Gasteiger partial charge in [0.2, 0.25) is 0 Å². The summed E-state index contributed by atoms with van der Waals surface area (Å²) in [5.41, 5.74) is -0.862. The van der Waals surface area contributed by atoms with Crippen LogP contribution in [0.2, 0.25) is 0 Å². The van der Waals surface area contributed by atoms with Gasteiger partial charge in [-0.05, 0) is 19.2 Å². The van der Waals surface area contributed by atoms with Crippen LogP contribution >= 0.6 is 0 Å². The predicted octanol–water partition coefficient (Wildman–Crippen LogP) is 1.39. The third-order valence-corrected chi connectivity index (χ3v) is 2.35. The van der Waals surface area contributed by atoms with E-state index in [4.69, 9.17) is 0 Å². The van der Waals surface area contributed by atoms with Crippen molar-refractivity contribution in [2.75, 3.05) is 27.2 Å². The number of amides is 1. The number of hydrogen-bond acceptors (Lipinski definition) is 3. The fourth-order valence-electron chi connectivity index (χ4n) is 1.26. The standard InChI is InChI=1S/C11H14F3N3O/c1-15-5-6-17(2)10(18)9-4-3-8(7-16-9)11(12,13)14/h3-4,7,15H,5-6H2,1-2H3. The van der Waals surface area contributed by atoms with Gasteiger partial charge in [-0.15, -0.1) is 0 Å². The topological polar surface area (TPSA) is 45.2 Å². The molecule has 0 aliphatic carbocycles. The van der Waals surface area contributed by atoms with Crippen LogP contribution in [-0.2, 0) is 6.18 Å². The molecule has 0 fully saturated rings. The summed E-state index contributed by atoms with van der Waals surface area (Å²) in [4.78, 5) is 16.7. The Morgan fingerprint density at radius 2 is 2.11 bits per heavy atom. The molecule has 0 unspecified atom stereocenters. The number of nitrogens with one attached hydrogen (secondary N) is 1. The Morgan fingerprint density at radius 3 is 2.56 bits per heavy atom. The highest BCUT2D eigenvalue weighted by Gasteiger charge is 2.31. The number of halogens is 3. The van der Waals surface area contributed by atoms with Crippen LogP contribution in [0, 0.1) is 0 Å². The van der Waals surface area contributed by atoms with Crippen molar-refractivity contribution in [1.29, 1.82) is 0 Å². The van der Waals surface area contributed by atoms with Gasteiger partial charge in [-0.25, -0.2) is 0 Å². The molecule has 0 aliphatic heterocycles. The van der Waals surface area contributed by atoms with Crippen molar-refractivity contribution >= 4 is 5.91 Å². The molecule has 1 aromatic heterocycles. The van der Waals surface area contributed by atoms with Gasteiger partial charge < -0.3 is 10.2 Å². The molecule has 0 saturated carbocycles. The molecule has 0 aliphatic rings. The highest BCUT2D eigenvalue weighted by Crippen LogP contribution is 2.28. The maximum Gasteiger partial charge on any atom is 0.417 e. The molecule has 100 valence electrons. The summed E-state index contributed by atoms with van der Waals surface area (Å²) >= 11 is 0. The number of carbonyl (C=O) groups is 1. The second-order valence-electron chi connectivity index (χ2n) is 3.76. The van der Waals surface area contributed by atoms with E-state index in [1.807, 2.05) is 0 Å². The van der Waals surface area contributed by atoms with Crippen LogP contribution in [0.25, 0.3) is 0 Å². The molecule has 4 nitrogen and oxygen atoms in total. The number of rotatable bonds is 4. The third kappa shape index (κ3) is 3.69. The Morgan fingerprint density at radius 1 is 1.44 bits per heavy atom. The Kier molecular flexibility index (Phi) is 4.66. The maximum atomic E-state index is 12.3. The summed E-state index contributed by atoms with van der Waals surface area (Å²) in [7, 11) is 3.31. The van der Waals surface area contributed by atoms with Crippen molar-refractivity contribution in [1.82, 2.24) is 15.2 Å². The van der Waals surface area contributed by atoms with E-state index < -0.39 is 17.6 Å². The maximum absolute atomic E-state index is 12.3. The Bertz CT molecular complexity index is 403. The Labute approximate surface area is 103 Å². The molecule has 0 bridgehead atoms. The first kappa shape index (κ1) is 14.4. The number of likely N-dealkylation sites (N-methyl/N-ethyl adjacent to an activating group) is 2. The lowest BCUT2D eigenvalue weighted by atomic mass is 10.2. The summed E-state index contributed by atoms with van der Waals surface area (Å²) in [6.45, 7) is 1.06. The number of nitrogens with zero attached hydrogens (tertiary/aromatic N) is 2. The van der Waals surface area contributed by atoms with Crippen LogP contribution in [0.15, 0.2) is 18.3 Å². The van der Waals surface area contributed by atoms with Crippen molar-refractivity contribution in [3.8, 4) is 0 Å². The minimum absolute atomic E-state index is 0.00148. The summed E-state index contributed by atoms with van der Waals surface area (Å²) in [6, 6.07) is 1.94. The van der Waals surface area contributed by atoms with Gasteiger partial charge >= 0.3 is 6.18 Å². The van der Waals surface area contributed by atoms with Crippen molar-refractivity contribution in [2.45, 2.75) is 6.18 Å². The number of aromatic nitrogens is 1. The van der Waals surface area contributed by atoms with Crippen molar-refractivity contribution in [3.05, 3.63) is 29.6 Å². The molecule has 7 heteroatoms. The van der Waals surface area contributed by atoms with E-state index in [2.05, 4.69) is 10.3 Å². The van der Waals surface area contributed by atoms with E-state index >= 15 is 0 Å². The molecule has 1 heterocycles. The zero-order valence-corrected chi connectivity index (χ0v) is 10.1. The zero-order chi connectivity index (χ0) is 13.8. The summed E-state index contributed by atoms with van der Waals surface area (Å²) in [5.74, 6) is -0.404. The molecule has 1 rings (SSSR count). The van der Waals surface area contributed by atoms with E-state index in [-0.39, 0.29) is 5.69 Å². The highest BCUT2D eigenvalue weighted by atomic mass is 19.4. The Balaban J connectivity index is 2.76. The fraction of sp³-hybridized carbons (Fsp3) is 0.455. The van der Waals surface area contributed by atoms with Crippen LogP contribution < -0.4 is 5.32 Å². The molecule has 0 saturated heterocycles. The zero-order valence-electron chi connectivity index (χ0n) is 10.1. The molecular weight excluding hydrogens is 247 g/mol. The van der Waals surface area contributed by atoms with Crippen LogP contribution in [0.5, 0.6) is 0 Å². The van der Waals surface area contributed by atoms with E-state index in [0.717, 1.165) is 12.1 Å². The number of hydrogen-bond donors (Lipinski definition) is 1. The van der Waals surface area contributed by atoms with Gasteiger partial charge in [-0.2, -0.15) is 13.2 Å². The lowest BCUT2D eigenvalue weighted by Crippen LogP contribution is -2.33. The van der Waals surface area contributed by atoms with Crippen LogP contribution in [0.4, 0.5) is 13.2 Å². The van der Waals surface area contributed by atoms with Crippen molar-refractivity contribution in [2.24, 2.45) is 0 Å². The van der Waals surface area contributed by atoms with Crippen LogP contribution in [0.3, 0.4) is 0 Å². The summed E-state index contributed by atoms with van der Waals surface area (Å²) in [6.07, 6.45) is -3.77. The molecule has 1 aromatic rings. The smallest absolute Gasteiger partial charge is 0.339 e. The molecule has 1 amide bonds. The SMILES string of the molecule is CNCCN(C)C(=O)c1ccc(C(F)(F)F)cn1. The highest BCUT2D eigenvalue weighted by molar-refractivity contribution is 5.92.